The number of hydrogen-bond donors (Lipinski definition) is 1. The van der Waals surface area contributed by atoms with Crippen LogP contribution in [-0.2, 0) is 4.79 Å². The predicted molar refractivity (Wildman–Crippen MR) is 71.1 cm³/mol. The molecule has 1 aliphatic carbocycles. The number of amides is 1. The van der Waals surface area contributed by atoms with Gasteiger partial charge in [-0.1, -0.05) is 6.92 Å². The number of nitrogens with one attached hydrogen (secondary N) is 1. The number of hydrogen-bond acceptors (Lipinski definition) is 3. The fourth-order valence-corrected chi connectivity index (χ4v) is 2.37. The standard InChI is InChI=1S/C13H27N3O/c1-5-9-14-10-12(17)16(4)11-13(15(2)3)7-6-8-13/h14H,5-11H2,1-4H3. The van der Waals surface area contributed by atoms with E-state index in [4.69, 9.17) is 0 Å². The Bertz CT molecular complexity index is 249. The van der Waals surface area contributed by atoms with Crippen LogP contribution >= 0.6 is 0 Å². The molecule has 0 radical (unpaired) electrons. The Hall–Kier alpha value is -0.610. The average Bonchev–Trinajstić information content (AvgIpc) is 2.22. The summed E-state index contributed by atoms with van der Waals surface area (Å²) in [4.78, 5) is 16.1. The van der Waals surface area contributed by atoms with E-state index in [1.165, 1.54) is 19.3 Å². The first-order valence-electron chi connectivity index (χ1n) is 6.64. The largest absolute Gasteiger partial charge is 0.343 e. The first-order valence-corrected chi connectivity index (χ1v) is 6.64. The molecule has 17 heavy (non-hydrogen) atoms. The summed E-state index contributed by atoms with van der Waals surface area (Å²) >= 11 is 0. The SMILES string of the molecule is CCCNCC(=O)N(C)CC1(N(C)C)CCC1. The van der Waals surface area contributed by atoms with Gasteiger partial charge in [0.25, 0.3) is 0 Å². The second kappa shape index (κ2) is 6.36. The normalized spacial score (nSPS) is 17.9. The van der Waals surface area contributed by atoms with E-state index >= 15 is 0 Å². The third-order valence-electron chi connectivity index (χ3n) is 3.89. The van der Waals surface area contributed by atoms with Gasteiger partial charge in [0.2, 0.25) is 5.91 Å². The molecule has 1 N–H and O–H groups in total. The first-order chi connectivity index (χ1) is 8.02. The van der Waals surface area contributed by atoms with E-state index < -0.39 is 0 Å². The molecule has 0 aromatic carbocycles. The van der Waals surface area contributed by atoms with Gasteiger partial charge in [0.1, 0.15) is 0 Å². The summed E-state index contributed by atoms with van der Waals surface area (Å²) in [6, 6.07) is 0. The Labute approximate surface area is 105 Å². The van der Waals surface area contributed by atoms with Crippen LogP contribution in [0.1, 0.15) is 32.6 Å². The summed E-state index contributed by atoms with van der Waals surface area (Å²) in [7, 11) is 6.15. The van der Waals surface area contributed by atoms with E-state index in [2.05, 4.69) is 31.2 Å². The van der Waals surface area contributed by atoms with Crippen molar-refractivity contribution in [3.05, 3.63) is 0 Å². The van der Waals surface area contributed by atoms with Crippen molar-refractivity contribution in [2.75, 3.05) is 40.8 Å². The second-order valence-electron chi connectivity index (χ2n) is 5.40. The second-order valence-corrected chi connectivity index (χ2v) is 5.40. The van der Waals surface area contributed by atoms with Gasteiger partial charge in [0.05, 0.1) is 6.54 Å². The predicted octanol–water partition coefficient (Wildman–Crippen LogP) is 0.929. The molecule has 4 nitrogen and oxygen atoms in total. The maximum atomic E-state index is 11.9. The molecular weight excluding hydrogens is 214 g/mol. The number of carbonyl (C=O) groups excluding carboxylic acids is 1. The van der Waals surface area contributed by atoms with E-state index in [1.807, 2.05) is 11.9 Å². The van der Waals surface area contributed by atoms with Crippen molar-refractivity contribution < 1.29 is 4.79 Å². The van der Waals surface area contributed by atoms with E-state index in [0.29, 0.717) is 6.54 Å². The summed E-state index contributed by atoms with van der Waals surface area (Å²) < 4.78 is 0. The van der Waals surface area contributed by atoms with Crippen LogP contribution in [0.3, 0.4) is 0 Å². The smallest absolute Gasteiger partial charge is 0.236 e. The van der Waals surface area contributed by atoms with Crippen LogP contribution in [-0.4, -0.2) is 62.0 Å². The minimum absolute atomic E-state index is 0.201. The lowest BCUT2D eigenvalue weighted by molar-refractivity contribution is -0.131. The van der Waals surface area contributed by atoms with E-state index in [0.717, 1.165) is 19.5 Å². The van der Waals surface area contributed by atoms with Crippen LogP contribution in [0.4, 0.5) is 0 Å². The van der Waals surface area contributed by atoms with Crippen LogP contribution in [0.5, 0.6) is 0 Å². The Morgan fingerprint density at radius 3 is 2.35 bits per heavy atom. The van der Waals surface area contributed by atoms with Crippen molar-refractivity contribution >= 4 is 5.91 Å². The van der Waals surface area contributed by atoms with E-state index in [9.17, 15) is 4.79 Å². The molecule has 0 aromatic heterocycles. The van der Waals surface area contributed by atoms with Gasteiger partial charge in [0, 0.05) is 19.1 Å². The first kappa shape index (κ1) is 14.5. The molecule has 0 spiro atoms. The highest BCUT2D eigenvalue weighted by molar-refractivity contribution is 5.78. The number of likely N-dealkylation sites (N-methyl/N-ethyl adjacent to an activating group) is 2. The van der Waals surface area contributed by atoms with Crippen molar-refractivity contribution in [2.24, 2.45) is 0 Å². The molecule has 0 saturated heterocycles. The lowest BCUT2D eigenvalue weighted by Crippen LogP contribution is -2.58. The van der Waals surface area contributed by atoms with Gasteiger partial charge in [-0.25, -0.2) is 0 Å². The van der Waals surface area contributed by atoms with Crippen LogP contribution in [0.2, 0.25) is 0 Å². The molecule has 0 aromatic rings. The molecule has 0 unspecified atom stereocenters. The minimum atomic E-state index is 0.201. The molecule has 1 fully saturated rings. The topological polar surface area (TPSA) is 35.6 Å². The molecule has 1 saturated carbocycles. The van der Waals surface area contributed by atoms with Crippen LogP contribution in [0, 0.1) is 0 Å². The zero-order chi connectivity index (χ0) is 12.9. The maximum Gasteiger partial charge on any atom is 0.236 e. The van der Waals surface area contributed by atoms with E-state index in [-0.39, 0.29) is 11.4 Å². The molecule has 0 atom stereocenters. The Kier molecular flexibility index (Phi) is 5.40. The average molecular weight is 241 g/mol. The molecule has 1 aliphatic rings. The van der Waals surface area contributed by atoms with Gasteiger partial charge in [-0.05, 0) is 46.3 Å². The summed E-state index contributed by atoms with van der Waals surface area (Å²) in [6.07, 6.45) is 4.77. The highest BCUT2D eigenvalue weighted by atomic mass is 16.2. The monoisotopic (exact) mass is 241 g/mol. The van der Waals surface area contributed by atoms with Gasteiger partial charge in [0.15, 0.2) is 0 Å². The Morgan fingerprint density at radius 1 is 1.29 bits per heavy atom. The fraction of sp³-hybridized carbons (Fsp3) is 0.923. The number of carbonyl (C=O) groups is 1. The molecule has 0 aliphatic heterocycles. The molecule has 1 amide bonds. The number of nitrogens with zero attached hydrogens (tertiary/aromatic N) is 2. The molecule has 1 rings (SSSR count). The fourth-order valence-electron chi connectivity index (χ4n) is 2.37. The third kappa shape index (κ3) is 3.68. The minimum Gasteiger partial charge on any atom is -0.343 e. The van der Waals surface area contributed by atoms with Gasteiger partial charge < -0.3 is 15.1 Å². The highest BCUT2D eigenvalue weighted by Gasteiger charge is 2.40. The molecule has 0 bridgehead atoms. The van der Waals surface area contributed by atoms with E-state index in [1.54, 1.807) is 0 Å². The Balaban J connectivity index is 2.37. The summed E-state index contributed by atoms with van der Waals surface area (Å²) in [5.74, 6) is 0.201. The summed E-state index contributed by atoms with van der Waals surface area (Å²) in [5.41, 5.74) is 0.231. The highest BCUT2D eigenvalue weighted by Crippen LogP contribution is 2.36. The quantitative estimate of drug-likeness (QED) is 0.674. The molecular formula is C13H27N3O. The van der Waals surface area contributed by atoms with Crippen molar-refractivity contribution in [2.45, 2.75) is 38.1 Å². The zero-order valence-electron chi connectivity index (χ0n) is 11.8. The Morgan fingerprint density at radius 2 is 1.94 bits per heavy atom. The van der Waals surface area contributed by atoms with Crippen molar-refractivity contribution in [3.63, 3.8) is 0 Å². The number of rotatable bonds is 7. The van der Waals surface area contributed by atoms with Crippen molar-refractivity contribution in [1.82, 2.24) is 15.1 Å². The molecule has 0 heterocycles. The summed E-state index contributed by atoms with van der Waals surface area (Å²) in [5, 5.41) is 3.16. The van der Waals surface area contributed by atoms with Crippen LogP contribution < -0.4 is 5.32 Å². The van der Waals surface area contributed by atoms with Gasteiger partial charge in [-0.3, -0.25) is 4.79 Å². The van der Waals surface area contributed by atoms with Gasteiger partial charge >= 0.3 is 0 Å². The lowest BCUT2D eigenvalue weighted by atomic mass is 9.75. The lowest BCUT2D eigenvalue weighted by Gasteiger charge is -2.49. The summed E-state index contributed by atoms with van der Waals surface area (Å²) in [6.45, 7) is 4.34. The molecule has 4 heteroatoms. The maximum absolute atomic E-state index is 11.9. The molecule has 100 valence electrons. The van der Waals surface area contributed by atoms with Crippen molar-refractivity contribution in [1.29, 1.82) is 0 Å². The zero-order valence-corrected chi connectivity index (χ0v) is 11.8. The van der Waals surface area contributed by atoms with Crippen molar-refractivity contribution in [3.8, 4) is 0 Å². The van der Waals surface area contributed by atoms with Gasteiger partial charge in [-0.2, -0.15) is 0 Å². The van der Waals surface area contributed by atoms with Crippen LogP contribution in [0.25, 0.3) is 0 Å². The van der Waals surface area contributed by atoms with Crippen LogP contribution in [0.15, 0.2) is 0 Å². The van der Waals surface area contributed by atoms with Gasteiger partial charge in [-0.15, -0.1) is 0 Å². The third-order valence-corrected chi connectivity index (χ3v) is 3.89.